The van der Waals surface area contributed by atoms with Gasteiger partial charge in [-0.15, -0.1) is 0 Å². The van der Waals surface area contributed by atoms with Gasteiger partial charge in [-0.2, -0.15) is 18.3 Å². The summed E-state index contributed by atoms with van der Waals surface area (Å²) >= 11 is 1.48. The number of carbonyl (C=O) groups is 3. The Kier molecular flexibility index (Phi) is 19.5. The number of pyridine rings is 1. The number of alkyl halides is 3. The van der Waals surface area contributed by atoms with Crippen molar-refractivity contribution in [2.45, 2.75) is 90.7 Å². The molecule has 0 amide bonds. The van der Waals surface area contributed by atoms with Gasteiger partial charge in [0, 0.05) is 30.8 Å². The van der Waals surface area contributed by atoms with Gasteiger partial charge in [0.25, 0.3) is 0 Å². The van der Waals surface area contributed by atoms with Crippen molar-refractivity contribution in [3.05, 3.63) is 132 Å². The molecule has 70 heavy (non-hydrogen) atoms. The highest BCUT2D eigenvalue weighted by atomic mass is 32.1. The van der Waals surface area contributed by atoms with E-state index in [2.05, 4.69) is 23.2 Å². The molecule has 0 radical (unpaired) electrons. The summed E-state index contributed by atoms with van der Waals surface area (Å²) in [5.41, 5.74) is 1.70. The van der Waals surface area contributed by atoms with E-state index in [0.29, 0.717) is 29.2 Å². The quantitative estimate of drug-likeness (QED) is 0.0128. The number of esters is 3. The lowest BCUT2D eigenvalue weighted by atomic mass is 10.1. The summed E-state index contributed by atoms with van der Waals surface area (Å²) in [5.74, 6) is -1.53. The van der Waals surface area contributed by atoms with Crippen LogP contribution in [0.3, 0.4) is 0 Å². The maximum atomic E-state index is 13.3. The van der Waals surface area contributed by atoms with Gasteiger partial charge in [-0.3, -0.25) is 0 Å². The molecule has 0 saturated carbocycles. The van der Waals surface area contributed by atoms with E-state index in [1.165, 1.54) is 75.9 Å². The van der Waals surface area contributed by atoms with Crippen molar-refractivity contribution in [2.24, 2.45) is 5.10 Å². The van der Waals surface area contributed by atoms with Crippen LogP contribution in [0, 0.1) is 6.92 Å². The number of nitrogens with zero attached hydrogens (tertiary/aromatic N) is 4. The molecule has 368 valence electrons. The second-order valence-corrected chi connectivity index (χ2v) is 17.5. The summed E-state index contributed by atoms with van der Waals surface area (Å²) in [7, 11) is 1.44. The highest BCUT2D eigenvalue weighted by Crippen LogP contribution is 2.32. The third kappa shape index (κ3) is 15.7. The van der Waals surface area contributed by atoms with Gasteiger partial charge >= 0.3 is 24.1 Å². The number of unbranched alkanes of at least 4 members (excludes halogenated alkanes) is 9. The maximum absolute atomic E-state index is 13.3. The normalized spacial score (nSPS) is 11.6. The Hall–Kier alpha value is -7.07. The number of aryl methyl sites for hydroxylation is 1. The number of ether oxygens (including phenoxy) is 5. The van der Waals surface area contributed by atoms with E-state index >= 15 is 0 Å². The maximum Gasteiger partial charge on any atom is 0.422 e. The Balaban J connectivity index is 1.03. The standard InChI is InChI=1S/C54H57F3N4O8S/c1-5-6-7-8-9-10-11-12-13-14-29-61(53-60-45-17-15-28-58-50(45)70-53)59-36-43-32-37(2)18-25-46(43)68-49(62)27-20-39-19-26-47(48(33-39)65-4)69-52(64)42-22-21-41-35-44(24-23-40(41)34-42)66-30-16-31-67-51(63)38(3)54(55,56)57/h15,17-28,32-36H,3,5-14,16,29-31H2,1-2,4H3/b27-20+,59-36+. The largest absolute Gasteiger partial charge is 0.493 e. The van der Waals surface area contributed by atoms with Crippen molar-refractivity contribution in [1.29, 1.82) is 0 Å². The lowest BCUT2D eigenvalue weighted by molar-refractivity contribution is -0.150. The topological polar surface area (TPSA) is 139 Å². The number of hydrogen-bond donors (Lipinski definition) is 0. The molecule has 0 atom stereocenters. The summed E-state index contributed by atoms with van der Waals surface area (Å²) in [6.45, 7) is 7.40. The Bertz CT molecular complexity index is 2770. The predicted octanol–water partition coefficient (Wildman–Crippen LogP) is 13.2. The van der Waals surface area contributed by atoms with Gasteiger partial charge in [-0.25, -0.2) is 29.4 Å². The van der Waals surface area contributed by atoms with E-state index in [-0.39, 0.29) is 36.7 Å². The van der Waals surface area contributed by atoms with Gasteiger partial charge < -0.3 is 23.7 Å². The fraction of sp³-hybridized carbons (Fsp3) is 0.333. The van der Waals surface area contributed by atoms with Crippen molar-refractivity contribution in [1.82, 2.24) is 9.97 Å². The monoisotopic (exact) mass is 978 g/mol. The van der Waals surface area contributed by atoms with Gasteiger partial charge in [-0.1, -0.05) is 112 Å². The number of aromatic nitrogens is 2. The van der Waals surface area contributed by atoms with Crippen LogP contribution in [0.1, 0.15) is 105 Å². The van der Waals surface area contributed by atoms with Crippen molar-refractivity contribution in [2.75, 3.05) is 31.9 Å². The first-order chi connectivity index (χ1) is 33.8. The molecule has 0 N–H and O–H groups in total. The SMILES string of the molecule is C=C(C(=O)OCCCOc1ccc2cc(C(=O)Oc3ccc(/C=C/C(=O)Oc4ccc(C)cc4/C=N/N(CCCCCCCCCCCC)c4nc5cccnc5s4)cc3OC)ccc2c1)C(F)(F)F. The van der Waals surface area contributed by atoms with E-state index in [1.807, 2.05) is 36.2 Å². The number of fused-ring (bicyclic) bond motifs is 2. The molecule has 0 spiro atoms. The summed E-state index contributed by atoms with van der Waals surface area (Å²) in [6, 6.07) is 24.3. The molecule has 0 aliphatic heterocycles. The zero-order chi connectivity index (χ0) is 49.9. The Morgan fingerprint density at radius 2 is 1.53 bits per heavy atom. The number of rotatable bonds is 26. The highest BCUT2D eigenvalue weighted by Gasteiger charge is 2.37. The van der Waals surface area contributed by atoms with Crippen LogP contribution >= 0.6 is 11.3 Å². The summed E-state index contributed by atoms with van der Waals surface area (Å²) in [6.07, 6.45) is 13.9. The molecule has 0 aliphatic carbocycles. The van der Waals surface area contributed by atoms with E-state index in [4.69, 9.17) is 29.0 Å². The Morgan fingerprint density at radius 3 is 2.27 bits per heavy atom. The van der Waals surface area contributed by atoms with E-state index in [1.54, 1.807) is 79.2 Å². The molecule has 4 aromatic carbocycles. The molecule has 0 bridgehead atoms. The molecule has 6 aromatic rings. The molecular weight excluding hydrogens is 922 g/mol. The predicted molar refractivity (Wildman–Crippen MR) is 268 cm³/mol. The average molecular weight is 979 g/mol. The van der Waals surface area contributed by atoms with Crippen molar-refractivity contribution >= 4 is 67.8 Å². The first-order valence-electron chi connectivity index (χ1n) is 23.3. The average Bonchev–Trinajstić information content (AvgIpc) is 3.79. The minimum absolute atomic E-state index is 0.0804. The molecule has 2 aromatic heterocycles. The molecular formula is C54H57F3N4O8S. The number of benzene rings is 4. The minimum atomic E-state index is -4.85. The van der Waals surface area contributed by atoms with Crippen molar-refractivity contribution in [3.63, 3.8) is 0 Å². The fourth-order valence-corrected chi connectivity index (χ4v) is 8.10. The number of halogens is 3. The van der Waals surface area contributed by atoms with Crippen molar-refractivity contribution < 1.29 is 51.2 Å². The highest BCUT2D eigenvalue weighted by molar-refractivity contribution is 7.21. The van der Waals surface area contributed by atoms with E-state index in [9.17, 15) is 27.6 Å². The van der Waals surface area contributed by atoms with Crippen molar-refractivity contribution in [3.8, 4) is 23.0 Å². The molecule has 0 aliphatic rings. The van der Waals surface area contributed by atoms with Gasteiger partial charge in [-0.05, 0) is 96.4 Å². The van der Waals surface area contributed by atoms with Gasteiger partial charge in [0.2, 0.25) is 5.13 Å². The Morgan fingerprint density at radius 1 is 0.800 bits per heavy atom. The van der Waals surface area contributed by atoms with Crippen LogP contribution in [0.2, 0.25) is 0 Å². The molecule has 16 heteroatoms. The molecule has 0 saturated heterocycles. The zero-order valence-corrected chi connectivity index (χ0v) is 40.4. The lowest BCUT2D eigenvalue weighted by Crippen LogP contribution is -2.21. The second-order valence-electron chi connectivity index (χ2n) is 16.5. The van der Waals surface area contributed by atoms with Gasteiger partial charge in [0.15, 0.2) is 11.5 Å². The molecule has 0 fully saturated rings. The zero-order valence-electron chi connectivity index (χ0n) is 39.6. The third-order valence-corrected chi connectivity index (χ3v) is 12.0. The lowest BCUT2D eigenvalue weighted by Gasteiger charge is -2.16. The van der Waals surface area contributed by atoms with Crippen LogP contribution in [-0.2, 0) is 14.3 Å². The van der Waals surface area contributed by atoms with Crippen LogP contribution in [0.4, 0.5) is 18.3 Å². The number of carbonyl (C=O) groups excluding carboxylic acids is 3. The third-order valence-electron chi connectivity index (χ3n) is 11.0. The summed E-state index contributed by atoms with van der Waals surface area (Å²) in [5, 5.41) is 8.99. The molecule has 12 nitrogen and oxygen atoms in total. The van der Waals surface area contributed by atoms with Crippen LogP contribution in [0.15, 0.2) is 114 Å². The minimum Gasteiger partial charge on any atom is -0.493 e. The summed E-state index contributed by atoms with van der Waals surface area (Å²) < 4.78 is 65.1. The second kappa shape index (κ2) is 26.1. The Labute approximate surface area is 409 Å². The van der Waals surface area contributed by atoms with Gasteiger partial charge in [0.05, 0.1) is 32.1 Å². The van der Waals surface area contributed by atoms with E-state index in [0.717, 1.165) is 44.7 Å². The smallest absolute Gasteiger partial charge is 0.422 e. The molecule has 6 rings (SSSR count). The number of thiazole rings is 1. The summed E-state index contributed by atoms with van der Waals surface area (Å²) in [4.78, 5) is 48.1. The van der Waals surface area contributed by atoms with Crippen LogP contribution in [-0.4, -0.2) is 67.1 Å². The van der Waals surface area contributed by atoms with Crippen LogP contribution in [0.5, 0.6) is 23.0 Å². The first kappa shape index (κ1) is 52.3. The van der Waals surface area contributed by atoms with Crippen LogP contribution < -0.4 is 24.0 Å². The number of anilines is 1. The van der Waals surface area contributed by atoms with E-state index < -0.39 is 29.7 Å². The number of hydrazone groups is 1. The van der Waals surface area contributed by atoms with Crippen LogP contribution in [0.25, 0.3) is 27.2 Å². The molecule has 2 heterocycles. The van der Waals surface area contributed by atoms with Gasteiger partial charge in [0.1, 0.15) is 27.4 Å². The number of methoxy groups -OCH3 is 1. The molecule has 0 unspecified atom stereocenters. The number of hydrogen-bond acceptors (Lipinski definition) is 13. The fourth-order valence-electron chi connectivity index (χ4n) is 7.21. The first-order valence-corrected chi connectivity index (χ1v) is 24.2.